The Morgan fingerprint density at radius 1 is 1.17 bits per heavy atom. The Kier molecular flexibility index (Phi) is 5.48. The maximum Gasteiger partial charge on any atom is 0.337 e. The normalized spacial score (nSPS) is 10.6. The van der Waals surface area contributed by atoms with Gasteiger partial charge in [-0.3, -0.25) is 4.79 Å². The number of aryl methyl sites for hydroxylation is 1. The molecule has 2 aromatic carbocycles. The number of hydrogen-bond donors (Lipinski definition) is 1. The maximum absolute atomic E-state index is 12.2. The van der Waals surface area contributed by atoms with E-state index in [4.69, 9.17) is 0 Å². The molecule has 1 N–H and O–H groups in total. The van der Waals surface area contributed by atoms with Crippen molar-refractivity contribution < 1.29 is 14.3 Å². The van der Waals surface area contributed by atoms with Crippen LogP contribution in [-0.4, -0.2) is 19.0 Å². The minimum Gasteiger partial charge on any atom is -0.465 e. The summed E-state index contributed by atoms with van der Waals surface area (Å²) in [6.45, 7) is 1.92. The second-order valence-electron chi connectivity index (χ2n) is 5.11. The number of anilines is 1. The third kappa shape index (κ3) is 4.31. The zero-order chi connectivity index (χ0) is 17.5. The van der Waals surface area contributed by atoms with Gasteiger partial charge in [0.25, 0.3) is 5.91 Å². The van der Waals surface area contributed by atoms with Crippen LogP contribution in [0.5, 0.6) is 0 Å². The zero-order valence-corrected chi connectivity index (χ0v) is 13.4. The van der Waals surface area contributed by atoms with Gasteiger partial charge in [-0.05, 0) is 48.4 Å². The fraction of sp³-hybridized carbons (Fsp3) is 0.105. The fourth-order valence-corrected chi connectivity index (χ4v) is 2.07. The summed E-state index contributed by atoms with van der Waals surface area (Å²) in [5.41, 5.74) is 2.65. The first-order valence-electron chi connectivity index (χ1n) is 7.21. The highest BCUT2D eigenvalue weighted by molar-refractivity contribution is 6.09. The molecule has 0 spiro atoms. The van der Waals surface area contributed by atoms with Crippen LogP contribution in [0, 0.1) is 18.3 Å². The molecule has 0 bridgehead atoms. The van der Waals surface area contributed by atoms with Gasteiger partial charge in [0.1, 0.15) is 11.6 Å². The van der Waals surface area contributed by atoms with E-state index < -0.39 is 11.9 Å². The lowest BCUT2D eigenvalue weighted by Crippen LogP contribution is -2.13. The highest BCUT2D eigenvalue weighted by Crippen LogP contribution is 2.13. The number of esters is 1. The minimum atomic E-state index is -0.486. The van der Waals surface area contributed by atoms with E-state index in [2.05, 4.69) is 10.1 Å². The Labute approximate surface area is 140 Å². The van der Waals surface area contributed by atoms with E-state index in [1.807, 2.05) is 31.2 Å². The second kappa shape index (κ2) is 7.75. The molecule has 24 heavy (non-hydrogen) atoms. The lowest BCUT2D eigenvalue weighted by molar-refractivity contribution is -0.112. The third-order valence-electron chi connectivity index (χ3n) is 3.28. The fourth-order valence-electron chi connectivity index (χ4n) is 2.07. The predicted molar refractivity (Wildman–Crippen MR) is 91.2 cm³/mol. The highest BCUT2D eigenvalue weighted by atomic mass is 16.5. The van der Waals surface area contributed by atoms with Crippen LogP contribution in [0.15, 0.2) is 54.1 Å². The van der Waals surface area contributed by atoms with Gasteiger partial charge in [-0.25, -0.2) is 4.79 Å². The molecule has 0 aromatic heterocycles. The smallest absolute Gasteiger partial charge is 0.337 e. The van der Waals surface area contributed by atoms with Gasteiger partial charge >= 0.3 is 5.97 Å². The van der Waals surface area contributed by atoms with Gasteiger partial charge in [-0.1, -0.05) is 24.3 Å². The van der Waals surface area contributed by atoms with Crippen LogP contribution in [-0.2, 0) is 9.53 Å². The van der Waals surface area contributed by atoms with Crippen molar-refractivity contribution in [3.05, 3.63) is 70.8 Å². The number of nitrogens with zero attached hydrogens (tertiary/aromatic N) is 1. The quantitative estimate of drug-likeness (QED) is 0.532. The lowest BCUT2D eigenvalue weighted by Gasteiger charge is -2.05. The number of carbonyl (C=O) groups excluding carboxylic acids is 2. The number of amides is 1. The monoisotopic (exact) mass is 320 g/mol. The zero-order valence-electron chi connectivity index (χ0n) is 13.4. The van der Waals surface area contributed by atoms with Crippen LogP contribution in [0.1, 0.15) is 21.5 Å². The number of nitriles is 1. The maximum atomic E-state index is 12.2. The molecule has 5 heteroatoms. The number of benzene rings is 2. The van der Waals surface area contributed by atoms with Crippen LogP contribution in [0.4, 0.5) is 5.69 Å². The van der Waals surface area contributed by atoms with Crippen molar-refractivity contribution in [1.82, 2.24) is 0 Å². The molecule has 0 aliphatic heterocycles. The van der Waals surface area contributed by atoms with Crippen molar-refractivity contribution >= 4 is 23.6 Å². The second-order valence-corrected chi connectivity index (χ2v) is 5.11. The number of rotatable bonds is 4. The average Bonchev–Trinajstić information content (AvgIpc) is 2.59. The van der Waals surface area contributed by atoms with Crippen LogP contribution in [0.2, 0.25) is 0 Å². The summed E-state index contributed by atoms with van der Waals surface area (Å²) in [5, 5.41) is 11.9. The Morgan fingerprint density at radius 2 is 1.88 bits per heavy atom. The molecule has 0 saturated heterocycles. The van der Waals surface area contributed by atoms with Crippen molar-refractivity contribution in [2.24, 2.45) is 0 Å². The summed E-state index contributed by atoms with van der Waals surface area (Å²) in [5.74, 6) is -0.927. The van der Waals surface area contributed by atoms with E-state index in [-0.39, 0.29) is 5.57 Å². The van der Waals surface area contributed by atoms with Crippen molar-refractivity contribution in [3.63, 3.8) is 0 Å². The van der Waals surface area contributed by atoms with Crippen molar-refractivity contribution in [1.29, 1.82) is 5.26 Å². The largest absolute Gasteiger partial charge is 0.465 e. The number of methoxy groups -OCH3 is 1. The Bertz CT molecular complexity index is 830. The predicted octanol–water partition coefficient (Wildman–Crippen LogP) is 3.33. The highest BCUT2D eigenvalue weighted by Gasteiger charge is 2.10. The van der Waals surface area contributed by atoms with Crippen molar-refractivity contribution in [2.45, 2.75) is 6.92 Å². The molecule has 0 saturated carbocycles. The molecular weight excluding hydrogens is 304 g/mol. The van der Waals surface area contributed by atoms with Crippen molar-refractivity contribution in [3.8, 4) is 6.07 Å². The SMILES string of the molecule is COC(=O)c1ccc(/C=C(/C#N)C(=O)Nc2cccc(C)c2)cc1. The van der Waals surface area contributed by atoms with E-state index in [0.29, 0.717) is 16.8 Å². The standard InChI is InChI=1S/C19H16N2O3/c1-13-4-3-5-17(10-13)21-18(22)16(12-20)11-14-6-8-15(9-7-14)19(23)24-2/h3-11H,1-2H3,(H,21,22)/b16-11-. The first-order valence-corrected chi connectivity index (χ1v) is 7.21. The van der Waals surface area contributed by atoms with Gasteiger partial charge < -0.3 is 10.1 Å². The van der Waals surface area contributed by atoms with Gasteiger partial charge in [0.15, 0.2) is 0 Å². The van der Waals surface area contributed by atoms with E-state index in [1.165, 1.54) is 13.2 Å². The van der Waals surface area contributed by atoms with E-state index in [0.717, 1.165) is 5.56 Å². The summed E-state index contributed by atoms with van der Waals surface area (Å²) in [7, 11) is 1.31. The van der Waals surface area contributed by atoms with Gasteiger partial charge in [0.2, 0.25) is 0 Å². The Balaban J connectivity index is 2.18. The minimum absolute atomic E-state index is 0.0256. The first-order chi connectivity index (χ1) is 11.5. The van der Waals surface area contributed by atoms with Crippen LogP contribution in [0.3, 0.4) is 0 Å². The molecule has 0 atom stereocenters. The lowest BCUT2D eigenvalue weighted by atomic mass is 10.1. The molecule has 0 heterocycles. The van der Waals surface area contributed by atoms with Crippen molar-refractivity contribution in [2.75, 3.05) is 12.4 Å². The van der Waals surface area contributed by atoms with Crippen LogP contribution < -0.4 is 5.32 Å². The summed E-state index contributed by atoms with van der Waals surface area (Å²) < 4.78 is 4.62. The molecule has 0 aliphatic rings. The molecule has 1 amide bonds. The van der Waals surface area contributed by atoms with Gasteiger partial charge in [0.05, 0.1) is 12.7 Å². The molecule has 0 fully saturated rings. The van der Waals surface area contributed by atoms with Gasteiger partial charge in [-0.2, -0.15) is 5.26 Å². The molecular formula is C19H16N2O3. The summed E-state index contributed by atoms with van der Waals surface area (Å²) in [6.07, 6.45) is 1.46. The van der Waals surface area contributed by atoms with Gasteiger partial charge in [-0.15, -0.1) is 0 Å². The summed E-state index contributed by atoms with van der Waals surface area (Å²) >= 11 is 0. The third-order valence-corrected chi connectivity index (χ3v) is 3.28. The molecule has 2 rings (SSSR count). The average molecular weight is 320 g/mol. The molecule has 0 radical (unpaired) electrons. The summed E-state index contributed by atoms with van der Waals surface area (Å²) in [6, 6.07) is 15.6. The van der Waals surface area contributed by atoms with Crippen LogP contribution in [0.25, 0.3) is 6.08 Å². The molecule has 120 valence electrons. The molecule has 2 aromatic rings. The number of hydrogen-bond acceptors (Lipinski definition) is 4. The molecule has 0 aliphatic carbocycles. The number of ether oxygens (including phenoxy) is 1. The summed E-state index contributed by atoms with van der Waals surface area (Å²) in [4.78, 5) is 23.6. The first kappa shape index (κ1) is 17.0. The van der Waals surface area contributed by atoms with E-state index in [9.17, 15) is 14.9 Å². The van der Waals surface area contributed by atoms with Gasteiger partial charge in [0, 0.05) is 5.69 Å². The topological polar surface area (TPSA) is 79.2 Å². The number of carbonyl (C=O) groups is 2. The Hall–Kier alpha value is -3.39. The Morgan fingerprint density at radius 3 is 2.46 bits per heavy atom. The molecule has 0 unspecified atom stereocenters. The van der Waals surface area contributed by atoms with E-state index in [1.54, 1.807) is 30.3 Å². The number of nitrogens with one attached hydrogen (secondary N) is 1. The molecule has 5 nitrogen and oxygen atoms in total. The van der Waals surface area contributed by atoms with Crippen LogP contribution >= 0.6 is 0 Å². The van der Waals surface area contributed by atoms with E-state index >= 15 is 0 Å².